The van der Waals surface area contributed by atoms with Crippen LogP contribution < -0.4 is 4.90 Å². The fraction of sp³-hybridized carbons (Fsp3) is 0.300. The highest BCUT2D eigenvalue weighted by atomic mass is 16.4. The first-order valence-corrected chi connectivity index (χ1v) is 8.78. The van der Waals surface area contributed by atoms with E-state index in [1.165, 1.54) is 0 Å². The number of carbonyl (C=O) groups is 1. The van der Waals surface area contributed by atoms with Crippen molar-refractivity contribution in [2.75, 3.05) is 11.9 Å². The van der Waals surface area contributed by atoms with E-state index in [2.05, 4.69) is 26.9 Å². The van der Waals surface area contributed by atoms with Gasteiger partial charge in [0.2, 0.25) is 5.95 Å². The summed E-state index contributed by atoms with van der Waals surface area (Å²) in [6.45, 7) is 1.85. The topological polar surface area (TPSA) is 83.6 Å². The Labute approximate surface area is 157 Å². The normalized spacial score (nSPS) is 10.4. The molecule has 0 aliphatic rings. The number of aromatic nitrogens is 4. The largest absolute Gasteiger partial charge is 0.481 e. The first kappa shape index (κ1) is 18.4. The molecule has 0 amide bonds. The lowest BCUT2D eigenvalue weighted by Crippen LogP contribution is -2.17. The average molecular weight is 363 g/mol. The predicted molar refractivity (Wildman–Crippen MR) is 103 cm³/mol. The van der Waals surface area contributed by atoms with E-state index in [0.29, 0.717) is 30.3 Å². The molecule has 3 rings (SSSR count). The van der Waals surface area contributed by atoms with Gasteiger partial charge >= 0.3 is 5.97 Å². The maximum atomic E-state index is 10.5. The number of unbranched alkanes of at least 4 members (excludes halogenated alkanes) is 2. The number of hydrogen-bond acceptors (Lipinski definition) is 5. The minimum absolute atomic E-state index is 0.181. The zero-order chi connectivity index (χ0) is 19.2. The molecule has 0 spiro atoms. The molecule has 0 saturated carbocycles. The van der Waals surface area contributed by atoms with Crippen molar-refractivity contribution in [3.63, 3.8) is 0 Å². The Kier molecular flexibility index (Phi) is 5.67. The van der Waals surface area contributed by atoms with Crippen molar-refractivity contribution in [2.45, 2.75) is 32.6 Å². The minimum atomic E-state index is -0.771. The Morgan fingerprint density at radius 2 is 2.00 bits per heavy atom. The summed E-state index contributed by atoms with van der Waals surface area (Å²) < 4.78 is 1.69. The highest BCUT2D eigenvalue weighted by Crippen LogP contribution is 2.22. The van der Waals surface area contributed by atoms with Gasteiger partial charge in [-0.2, -0.15) is 14.6 Å². The second-order valence-electron chi connectivity index (χ2n) is 6.16. The molecule has 27 heavy (non-hydrogen) atoms. The lowest BCUT2D eigenvalue weighted by molar-refractivity contribution is -0.137. The molecule has 0 saturated heterocycles. The summed E-state index contributed by atoms with van der Waals surface area (Å²) in [7, 11) is 1.94. The Morgan fingerprint density at radius 1 is 1.22 bits per heavy atom. The van der Waals surface area contributed by atoms with Crippen molar-refractivity contribution in [1.82, 2.24) is 19.6 Å². The van der Waals surface area contributed by atoms with Crippen LogP contribution in [0.15, 0.2) is 36.5 Å². The maximum Gasteiger partial charge on any atom is 0.303 e. The van der Waals surface area contributed by atoms with Crippen LogP contribution in [0.3, 0.4) is 0 Å². The van der Waals surface area contributed by atoms with E-state index < -0.39 is 5.97 Å². The van der Waals surface area contributed by atoms with E-state index in [1.54, 1.807) is 10.7 Å². The molecule has 0 radical (unpaired) electrons. The number of rotatable bonds is 6. The van der Waals surface area contributed by atoms with Crippen LogP contribution in [0.4, 0.5) is 11.6 Å². The van der Waals surface area contributed by atoms with Gasteiger partial charge in [0.05, 0.1) is 11.8 Å². The Balaban J connectivity index is 1.84. The lowest BCUT2D eigenvalue weighted by atomic mass is 10.2. The van der Waals surface area contributed by atoms with Crippen LogP contribution in [-0.2, 0) is 4.79 Å². The number of fused-ring (bicyclic) bond motifs is 1. The molecule has 2 aromatic heterocycles. The molecule has 0 fully saturated rings. The highest BCUT2D eigenvalue weighted by molar-refractivity contribution is 5.66. The highest BCUT2D eigenvalue weighted by Gasteiger charge is 2.14. The van der Waals surface area contributed by atoms with Crippen molar-refractivity contribution in [1.29, 1.82) is 0 Å². The molecule has 0 aliphatic carbocycles. The van der Waals surface area contributed by atoms with E-state index in [9.17, 15) is 4.79 Å². The van der Waals surface area contributed by atoms with Gasteiger partial charge in [0.25, 0.3) is 0 Å². The van der Waals surface area contributed by atoms with Crippen LogP contribution >= 0.6 is 0 Å². The standard InChI is InChI=1S/C20H21N5O2/c1-15-22-19-16(10-6-3-4-9-13-18(26)27)14-21-25(19)20(23-15)24(2)17-11-7-5-8-12-17/h5,7-8,11-12,14H,3-4,9,13H2,1-2H3,(H,26,27). The van der Waals surface area contributed by atoms with Crippen molar-refractivity contribution in [3.8, 4) is 11.8 Å². The number of benzene rings is 1. The van der Waals surface area contributed by atoms with E-state index in [0.717, 1.165) is 17.7 Å². The third-order valence-electron chi connectivity index (χ3n) is 4.07. The third-order valence-corrected chi connectivity index (χ3v) is 4.07. The monoisotopic (exact) mass is 363 g/mol. The SMILES string of the molecule is Cc1nc(N(C)c2ccccc2)n2ncc(C#CCCCCC(=O)O)c2n1. The van der Waals surface area contributed by atoms with Crippen LogP contribution in [0.2, 0.25) is 0 Å². The average Bonchev–Trinajstić information content (AvgIpc) is 3.06. The molecule has 0 unspecified atom stereocenters. The van der Waals surface area contributed by atoms with Gasteiger partial charge in [0.1, 0.15) is 5.82 Å². The Hall–Kier alpha value is -3.40. The van der Waals surface area contributed by atoms with Gasteiger partial charge in [-0.05, 0) is 31.9 Å². The number of hydrogen-bond donors (Lipinski definition) is 1. The number of carboxylic acids is 1. The molecular weight excluding hydrogens is 342 g/mol. The van der Waals surface area contributed by atoms with Gasteiger partial charge in [-0.15, -0.1) is 0 Å². The van der Waals surface area contributed by atoms with Gasteiger partial charge in [0, 0.05) is 25.6 Å². The van der Waals surface area contributed by atoms with E-state index in [-0.39, 0.29) is 6.42 Å². The molecule has 138 valence electrons. The first-order chi connectivity index (χ1) is 13.1. The molecule has 2 heterocycles. The number of aliphatic carboxylic acids is 1. The summed E-state index contributed by atoms with van der Waals surface area (Å²) in [6, 6.07) is 9.92. The number of carboxylic acid groups (broad SMARTS) is 1. The molecule has 7 heteroatoms. The van der Waals surface area contributed by atoms with Crippen molar-refractivity contribution >= 4 is 23.3 Å². The summed E-state index contributed by atoms with van der Waals surface area (Å²) in [5, 5.41) is 13.1. The summed E-state index contributed by atoms with van der Waals surface area (Å²) in [6.07, 6.45) is 3.90. The lowest BCUT2D eigenvalue weighted by Gasteiger charge is -2.18. The van der Waals surface area contributed by atoms with Crippen LogP contribution in [0.5, 0.6) is 0 Å². The van der Waals surface area contributed by atoms with Gasteiger partial charge in [-0.1, -0.05) is 30.0 Å². The molecule has 1 aromatic carbocycles. The molecule has 0 aliphatic heterocycles. The van der Waals surface area contributed by atoms with Gasteiger partial charge < -0.3 is 10.0 Å². The van der Waals surface area contributed by atoms with Crippen molar-refractivity contribution in [2.24, 2.45) is 0 Å². The van der Waals surface area contributed by atoms with Crippen LogP contribution in [0, 0.1) is 18.8 Å². The molecule has 0 bridgehead atoms. The van der Waals surface area contributed by atoms with Crippen LogP contribution in [0.1, 0.15) is 37.1 Å². The van der Waals surface area contributed by atoms with E-state index >= 15 is 0 Å². The summed E-state index contributed by atoms with van der Waals surface area (Å²) >= 11 is 0. The number of aryl methyl sites for hydroxylation is 1. The second kappa shape index (κ2) is 8.32. The molecular formula is C20H21N5O2. The molecule has 3 aromatic rings. The zero-order valence-corrected chi connectivity index (χ0v) is 15.4. The number of nitrogens with zero attached hydrogens (tertiary/aromatic N) is 5. The fourth-order valence-corrected chi connectivity index (χ4v) is 2.69. The molecule has 0 atom stereocenters. The number of anilines is 2. The molecule has 1 N–H and O–H groups in total. The van der Waals surface area contributed by atoms with Gasteiger partial charge in [0.15, 0.2) is 5.65 Å². The summed E-state index contributed by atoms with van der Waals surface area (Å²) in [5.41, 5.74) is 2.40. The maximum absolute atomic E-state index is 10.5. The third kappa shape index (κ3) is 4.42. The van der Waals surface area contributed by atoms with Gasteiger partial charge in [-0.25, -0.2) is 4.98 Å². The summed E-state index contributed by atoms with van der Waals surface area (Å²) in [4.78, 5) is 21.5. The van der Waals surface area contributed by atoms with Crippen LogP contribution in [-0.4, -0.2) is 37.7 Å². The quantitative estimate of drug-likeness (QED) is 0.535. The smallest absolute Gasteiger partial charge is 0.303 e. The molecule has 7 nitrogen and oxygen atoms in total. The Morgan fingerprint density at radius 3 is 2.74 bits per heavy atom. The van der Waals surface area contributed by atoms with Crippen molar-refractivity contribution in [3.05, 3.63) is 47.9 Å². The second-order valence-corrected chi connectivity index (χ2v) is 6.16. The van der Waals surface area contributed by atoms with Crippen molar-refractivity contribution < 1.29 is 9.90 Å². The zero-order valence-electron chi connectivity index (χ0n) is 15.4. The summed E-state index contributed by atoms with van der Waals surface area (Å²) in [5.74, 6) is 6.72. The van der Waals surface area contributed by atoms with Crippen LogP contribution in [0.25, 0.3) is 5.65 Å². The van der Waals surface area contributed by atoms with Gasteiger partial charge in [-0.3, -0.25) is 4.79 Å². The number of para-hydroxylation sites is 1. The first-order valence-electron chi connectivity index (χ1n) is 8.78. The fourth-order valence-electron chi connectivity index (χ4n) is 2.69. The van der Waals surface area contributed by atoms with E-state index in [4.69, 9.17) is 5.11 Å². The minimum Gasteiger partial charge on any atom is -0.481 e. The Bertz CT molecular complexity index is 1000. The predicted octanol–water partition coefficient (Wildman–Crippen LogP) is 3.20. The van der Waals surface area contributed by atoms with E-state index in [1.807, 2.05) is 49.2 Å².